The monoisotopic (exact) mass is 514 g/mol. The third-order valence-electron chi connectivity index (χ3n) is 4.61. The van der Waals surface area contributed by atoms with E-state index in [1.54, 1.807) is 42.5 Å². The van der Waals surface area contributed by atoms with Gasteiger partial charge in [-0.05, 0) is 48.5 Å². The van der Waals surface area contributed by atoms with Gasteiger partial charge < -0.3 is 19.0 Å². The molecular weight excluding hydrogens is 500 g/mol. The van der Waals surface area contributed by atoms with Gasteiger partial charge in [-0.3, -0.25) is 4.79 Å². The van der Waals surface area contributed by atoms with Crippen molar-refractivity contribution in [3.8, 4) is 22.8 Å². The quantitative estimate of drug-likeness (QED) is 0.302. The largest absolute Gasteiger partial charge is 0.490 e. The molecule has 0 radical (unpaired) electrons. The van der Waals surface area contributed by atoms with Gasteiger partial charge in [0.1, 0.15) is 30.5 Å². The minimum absolute atomic E-state index is 0.141. The van der Waals surface area contributed by atoms with Gasteiger partial charge in [0, 0.05) is 10.5 Å². The Balaban J connectivity index is 1.55. The summed E-state index contributed by atoms with van der Waals surface area (Å²) in [4.78, 5) is 23.6. The molecule has 1 N–H and O–H groups in total. The first-order chi connectivity index (χ1) is 15.4. The van der Waals surface area contributed by atoms with E-state index in [0.717, 1.165) is 4.47 Å². The van der Waals surface area contributed by atoms with Gasteiger partial charge in [0.25, 0.3) is 0 Å². The summed E-state index contributed by atoms with van der Waals surface area (Å²) in [5.41, 5.74) is 0.828. The molecule has 0 aliphatic rings. The molecule has 0 spiro atoms. The van der Waals surface area contributed by atoms with Crippen LogP contribution in [-0.4, -0.2) is 24.3 Å². The molecule has 0 atom stereocenters. The molecule has 1 aromatic heterocycles. The summed E-state index contributed by atoms with van der Waals surface area (Å²) in [6.07, 6.45) is 0. The molecule has 4 aromatic rings. The second kappa shape index (κ2) is 9.46. The minimum atomic E-state index is -1.03. The maximum Gasteiger partial charge on any atom is 0.335 e. The van der Waals surface area contributed by atoms with Crippen LogP contribution in [0.2, 0.25) is 5.02 Å². The number of ether oxygens (including phenoxy) is 2. The molecule has 0 amide bonds. The molecule has 0 unspecified atom stereocenters. The number of aromatic carboxylic acids is 1. The standard InChI is InChI=1S/C24H16BrClO6/c25-15-7-8-18(22-13-20(27)17-5-2-6-19(26)23(17)32-22)21(12-15)31-10-9-30-16-4-1-3-14(11-16)24(28)29/h1-8,11-13H,9-10H2,(H,28,29). The van der Waals surface area contributed by atoms with Gasteiger partial charge in [0.15, 0.2) is 11.0 Å². The number of fused-ring (bicyclic) bond motifs is 1. The van der Waals surface area contributed by atoms with Crippen LogP contribution in [-0.2, 0) is 0 Å². The van der Waals surface area contributed by atoms with Gasteiger partial charge >= 0.3 is 5.97 Å². The molecule has 0 bridgehead atoms. The predicted molar refractivity (Wildman–Crippen MR) is 125 cm³/mol. The summed E-state index contributed by atoms with van der Waals surface area (Å²) < 4.78 is 18.2. The second-order valence-electron chi connectivity index (χ2n) is 6.76. The van der Waals surface area contributed by atoms with Crippen molar-refractivity contribution in [2.24, 2.45) is 0 Å². The Morgan fingerprint density at radius 2 is 1.78 bits per heavy atom. The van der Waals surface area contributed by atoms with Crippen LogP contribution >= 0.6 is 27.5 Å². The molecule has 162 valence electrons. The van der Waals surface area contributed by atoms with Crippen LogP contribution in [0.15, 0.2) is 80.4 Å². The zero-order valence-electron chi connectivity index (χ0n) is 16.5. The molecule has 0 aliphatic heterocycles. The van der Waals surface area contributed by atoms with Gasteiger partial charge in [-0.25, -0.2) is 4.79 Å². The molecule has 6 nitrogen and oxygen atoms in total. The van der Waals surface area contributed by atoms with E-state index in [-0.39, 0.29) is 24.2 Å². The molecular formula is C24H16BrClO6. The first kappa shape index (κ1) is 21.9. The summed E-state index contributed by atoms with van der Waals surface area (Å²) in [6, 6.07) is 18.0. The van der Waals surface area contributed by atoms with E-state index in [2.05, 4.69) is 15.9 Å². The van der Waals surface area contributed by atoms with E-state index in [4.69, 9.17) is 30.6 Å². The van der Waals surface area contributed by atoms with E-state index in [9.17, 15) is 9.59 Å². The van der Waals surface area contributed by atoms with Crippen LogP contribution in [0.3, 0.4) is 0 Å². The average Bonchev–Trinajstić information content (AvgIpc) is 2.77. The van der Waals surface area contributed by atoms with Crippen molar-refractivity contribution in [3.63, 3.8) is 0 Å². The molecule has 0 saturated carbocycles. The summed E-state index contributed by atoms with van der Waals surface area (Å²) in [6.45, 7) is 0.363. The van der Waals surface area contributed by atoms with Gasteiger partial charge in [0.2, 0.25) is 0 Å². The summed E-state index contributed by atoms with van der Waals surface area (Å²) in [5, 5.41) is 9.82. The highest BCUT2D eigenvalue weighted by atomic mass is 79.9. The Morgan fingerprint density at radius 3 is 2.59 bits per heavy atom. The van der Waals surface area contributed by atoms with E-state index in [0.29, 0.717) is 38.8 Å². The minimum Gasteiger partial charge on any atom is -0.490 e. The van der Waals surface area contributed by atoms with Crippen LogP contribution in [0.25, 0.3) is 22.3 Å². The van der Waals surface area contributed by atoms with Gasteiger partial charge in [-0.2, -0.15) is 0 Å². The lowest BCUT2D eigenvalue weighted by Crippen LogP contribution is -2.10. The van der Waals surface area contributed by atoms with Crippen molar-refractivity contribution >= 4 is 44.5 Å². The first-order valence-electron chi connectivity index (χ1n) is 9.53. The molecule has 0 fully saturated rings. The third-order valence-corrected chi connectivity index (χ3v) is 5.40. The SMILES string of the molecule is O=C(O)c1cccc(OCCOc2cc(Br)ccc2-c2cc(=O)c3cccc(Cl)c3o2)c1. The maximum atomic E-state index is 12.6. The fraction of sp³-hybridized carbons (Fsp3) is 0.0833. The third kappa shape index (κ3) is 4.79. The van der Waals surface area contributed by atoms with Crippen LogP contribution < -0.4 is 14.9 Å². The van der Waals surface area contributed by atoms with Crippen molar-refractivity contribution in [2.45, 2.75) is 0 Å². The smallest absolute Gasteiger partial charge is 0.335 e. The second-order valence-corrected chi connectivity index (χ2v) is 8.08. The number of rotatable bonds is 7. The topological polar surface area (TPSA) is 86.0 Å². The van der Waals surface area contributed by atoms with Crippen molar-refractivity contribution in [1.29, 1.82) is 0 Å². The number of carbonyl (C=O) groups is 1. The number of hydrogen-bond acceptors (Lipinski definition) is 5. The van der Waals surface area contributed by atoms with Crippen molar-refractivity contribution in [1.82, 2.24) is 0 Å². The Bertz CT molecular complexity index is 1360. The summed E-state index contributed by atoms with van der Waals surface area (Å²) in [7, 11) is 0. The van der Waals surface area contributed by atoms with Gasteiger partial charge in [0.05, 0.1) is 21.5 Å². The zero-order valence-corrected chi connectivity index (χ0v) is 18.9. The summed E-state index contributed by atoms with van der Waals surface area (Å²) in [5.74, 6) is 0.214. The van der Waals surface area contributed by atoms with Crippen LogP contribution in [0.1, 0.15) is 10.4 Å². The van der Waals surface area contributed by atoms with Crippen LogP contribution in [0.5, 0.6) is 11.5 Å². The fourth-order valence-electron chi connectivity index (χ4n) is 3.12. The number of hydrogen-bond donors (Lipinski definition) is 1. The first-order valence-corrected chi connectivity index (χ1v) is 10.7. The van der Waals surface area contributed by atoms with Crippen molar-refractivity contribution in [3.05, 3.63) is 92.0 Å². The maximum absolute atomic E-state index is 12.6. The molecule has 8 heteroatoms. The van der Waals surface area contributed by atoms with Crippen LogP contribution in [0, 0.1) is 0 Å². The number of carboxylic acid groups (broad SMARTS) is 1. The highest BCUT2D eigenvalue weighted by Gasteiger charge is 2.14. The molecule has 1 heterocycles. The Labute approximate surface area is 196 Å². The van der Waals surface area contributed by atoms with E-state index >= 15 is 0 Å². The lowest BCUT2D eigenvalue weighted by atomic mass is 10.1. The molecule has 32 heavy (non-hydrogen) atoms. The highest BCUT2D eigenvalue weighted by molar-refractivity contribution is 9.10. The molecule has 4 rings (SSSR count). The highest BCUT2D eigenvalue weighted by Crippen LogP contribution is 2.34. The number of carboxylic acids is 1. The summed E-state index contributed by atoms with van der Waals surface area (Å²) >= 11 is 9.64. The Hall–Kier alpha value is -3.29. The van der Waals surface area contributed by atoms with E-state index in [1.807, 2.05) is 6.07 Å². The van der Waals surface area contributed by atoms with Crippen molar-refractivity contribution < 1.29 is 23.8 Å². The number of para-hydroxylation sites is 1. The Kier molecular flexibility index (Phi) is 6.48. The Morgan fingerprint density at radius 1 is 1.00 bits per heavy atom. The normalized spacial score (nSPS) is 10.8. The number of benzene rings is 3. The number of halogens is 2. The van der Waals surface area contributed by atoms with E-state index < -0.39 is 5.97 Å². The average molecular weight is 516 g/mol. The fourth-order valence-corrected chi connectivity index (χ4v) is 3.68. The van der Waals surface area contributed by atoms with E-state index in [1.165, 1.54) is 18.2 Å². The van der Waals surface area contributed by atoms with Crippen molar-refractivity contribution in [2.75, 3.05) is 13.2 Å². The molecule has 3 aromatic carbocycles. The predicted octanol–water partition coefficient (Wildman–Crippen LogP) is 6.03. The van der Waals surface area contributed by atoms with Crippen LogP contribution in [0.4, 0.5) is 0 Å². The molecule has 0 saturated heterocycles. The van der Waals surface area contributed by atoms with Gasteiger partial charge in [-0.15, -0.1) is 0 Å². The zero-order chi connectivity index (χ0) is 22.7. The lowest BCUT2D eigenvalue weighted by molar-refractivity contribution is 0.0696. The van der Waals surface area contributed by atoms with Gasteiger partial charge in [-0.1, -0.05) is 39.7 Å². The lowest BCUT2D eigenvalue weighted by Gasteiger charge is -2.13. The molecule has 0 aliphatic carbocycles.